The van der Waals surface area contributed by atoms with Crippen LogP contribution in [0.1, 0.15) is 40.5 Å². The summed E-state index contributed by atoms with van der Waals surface area (Å²) in [6.45, 7) is 3.97. The van der Waals surface area contributed by atoms with Crippen LogP contribution in [0.15, 0.2) is 0 Å². The van der Waals surface area contributed by atoms with Crippen molar-refractivity contribution in [1.29, 1.82) is 0 Å². The summed E-state index contributed by atoms with van der Waals surface area (Å²) in [7, 11) is 0. The number of carbonyl (C=O) groups is 2. The minimum atomic E-state index is -8.62. The van der Waals surface area contributed by atoms with Crippen LogP contribution in [-0.2, 0) is 17.2 Å². The van der Waals surface area contributed by atoms with Gasteiger partial charge in [0.25, 0.3) is 0 Å². The number of Topliss-reactive ketones (excluding diaryl/α,β-unsaturated/α-hetero) is 1. The summed E-state index contributed by atoms with van der Waals surface area (Å²) < 4.78 is 230. The first-order valence-corrected chi connectivity index (χ1v) is 11.7. The first-order chi connectivity index (χ1) is 18.3. The fourth-order valence-corrected chi connectivity index (χ4v) is 2.87. The summed E-state index contributed by atoms with van der Waals surface area (Å²) >= 11 is -1.70. The fourth-order valence-electron chi connectivity index (χ4n) is 2.36. The zero-order valence-corrected chi connectivity index (χ0v) is 22.5. The Hall–Kier alpha value is -1.60. The molecule has 0 aromatic rings. The van der Waals surface area contributed by atoms with Crippen LogP contribution in [0.4, 0.5) is 74.6 Å². The van der Waals surface area contributed by atoms with E-state index in [1.807, 2.05) is 0 Å². The van der Waals surface area contributed by atoms with Crippen LogP contribution >= 0.6 is 0 Å². The van der Waals surface area contributed by atoms with Crippen molar-refractivity contribution in [2.75, 3.05) is 6.61 Å². The van der Waals surface area contributed by atoms with Gasteiger partial charge in [-0.2, -0.15) is 0 Å². The standard InChI is InChI=1S/C10H4F17O.C6H10O3.C3H7O.Al/c11-3(12,1-2-28)4(13,14)5(15,16)6(17,18)7(19,20)8(21,22)9(23,24)10(25,26)27;1-3-5(4(2)7)6(8)9;1-3(2)4;/h1-2H2;5H,3H2,1-2H3,(H,8,9);3H,1-2H3;/q-1;;-1;+3/p-1. The molecule has 0 rings (SSSR count). The van der Waals surface area contributed by atoms with Crippen molar-refractivity contribution < 1.29 is 96.9 Å². The van der Waals surface area contributed by atoms with E-state index in [0.29, 0.717) is 6.42 Å². The second-order valence-corrected chi connectivity index (χ2v) is 9.24. The molecule has 0 aliphatic heterocycles. The van der Waals surface area contributed by atoms with Crippen molar-refractivity contribution in [1.82, 2.24) is 0 Å². The summed E-state index contributed by atoms with van der Waals surface area (Å²) in [5.41, 5.74) is 0. The minimum absolute atomic E-state index is 0.317. The predicted octanol–water partition coefficient (Wildman–Crippen LogP) is 5.71. The summed E-state index contributed by atoms with van der Waals surface area (Å²) in [5, 5.41) is 10.0. The molecule has 1 atom stereocenters. The summed E-state index contributed by atoms with van der Waals surface area (Å²) in [5.74, 6) is -58.7. The van der Waals surface area contributed by atoms with E-state index >= 15 is 0 Å². The Morgan fingerprint density at radius 2 is 1.05 bits per heavy atom. The number of carboxylic acids is 1. The van der Waals surface area contributed by atoms with Crippen LogP contribution in [-0.4, -0.2) is 88.0 Å². The Kier molecular flexibility index (Phi) is 14.2. The third kappa shape index (κ3) is 8.31. The van der Waals surface area contributed by atoms with Gasteiger partial charge >= 0.3 is 179 Å². The van der Waals surface area contributed by atoms with Gasteiger partial charge in [0.05, 0.1) is 11.9 Å². The number of hydrogen-bond donors (Lipinski definition) is 0. The van der Waals surface area contributed by atoms with Crippen LogP contribution in [0.5, 0.6) is 0 Å². The second kappa shape index (κ2) is 14.0. The first-order valence-electron chi connectivity index (χ1n) is 10.8. The molecular weight excluding hydrogens is 658 g/mol. The van der Waals surface area contributed by atoms with Crippen LogP contribution < -0.4 is 5.11 Å². The molecule has 0 spiro atoms. The number of aliphatic carboxylic acids is 1. The van der Waals surface area contributed by atoms with Crippen molar-refractivity contribution >= 4 is 27.6 Å². The van der Waals surface area contributed by atoms with Gasteiger partial charge in [0.2, 0.25) is 0 Å². The van der Waals surface area contributed by atoms with E-state index in [-0.39, 0.29) is 5.78 Å². The van der Waals surface area contributed by atoms with Gasteiger partial charge < -0.3 is 9.90 Å². The number of carbonyl (C=O) groups excluding carboxylic acids is 2. The van der Waals surface area contributed by atoms with Crippen molar-refractivity contribution in [2.45, 2.75) is 94.3 Å². The van der Waals surface area contributed by atoms with Gasteiger partial charge in [-0.25, -0.2) is 0 Å². The zero-order chi connectivity index (χ0) is 34.6. The topological polar surface area (TPSA) is 75.7 Å². The molecule has 0 N–H and O–H groups in total. The molecule has 0 aromatic heterocycles. The molecule has 5 nitrogen and oxygen atoms in total. The third-order valence-electron chi connectivity index (χ3n) is 4.90. The Morgan fingerprint density at radius 1 is 0.690 bits per heavy atom. The number of ketones is 1. The molecule has 0 saturated carbocycles. The van der Waals surface area contributed by atoms with Crippen molar-refractivity contribution in [3.63, 3.8) is 0 Å². The number of halogens is 17. The number of hydrogen-bond acceptors (Lipinski definition) is 5. The molecule has 23 heteroatoms. The maximum atomic E-state index is 13.5. The van der Waals surface area contributed by atoms with E-state index in [2.05, 4.69) is 7.58 Å². The van der Waals surface area contributed by atoms with Crippen LogP contribution in [0.2, 0.25) is 0 Å². The molecule has 0 aromatic carbocycles. The molecule has 1 unspecified atom stereocenters. The second-order valence-electron chi connectivity index (χ2n) is 8.44. The van der Waals surface area contributed by atoms with Crippen LogP contribution in [0.25, 0.3) is 0 Å². The molecule has 0 amide bonds. The van der Waals surface area contributed by atoms with Gasteiger partial charge in [-0.15, -0.1) is 0 Å². The van der Waals surface area contributed by atoms with Gasteiger partial charge in [0, 0.05) is 0 Å². The van der Waals surface area contributed by atoms with Gasteiger partial charge in [0.1, 0.15) is 5.78 Å². The van der Waals surface area contributed by atoms with E-state index in [0.717, 1.165) is 0 Å². The molecule has 42 heavy (non-hydrogen) atoms. The third-order valence-corrected chi connectivity index (χ3v) is 5.93. The normalized spacial score (nSPS) is 15.1. The summed E-state index contributed by atoms with van der Waals surface area (Å²) in [6.07, 6.45) is -10.7. The Balaban J connectivity index is 0. The Morgan fingerprint density at radius 3 is 1.31 bits per heavy atom. The molecule has 0 radical (unpaired) electrons. The average Bonchev–Trinajstić information content (AvgIpc) is 2.77. The molecule has 0 bridgehead atoms. The molecular formula is C19H20AlF17O5. The first kappa shape index (κ1) is 42.5. The van der Waals surface area contributed by atoms with E-state index in [1.54, 1.807) is 6.92 Å². The summed E-state index contributed by atoms with van der Waals surface area (Å²) in [4.78, 5) is 20.4. The van der Waals surface area contributed by atoms with E-state index in [1.165, 1.54) is 20.8 Å². The van der Waals surface area contributed by atoms with Gasteiger partial charge in [-0.3, -0.25) is 4.79 Å². The van der Waals surface area contributed by atoms with Crippen molar-refractivity contribution in [2.24, 2.45) is 5.92 Å². The quantitative estimate of drug-likeness (QED) is 0.0961. The van der Waals surface area contributed by atoms with E-state index < -0.39 is 94.5 Å². The predicted molar refractivity (Wildman–Crippen MR) is 103 cm³/mol. The number of carboxylic acid groups (broad SMARTS) is 1. The molecule has 0 saturated heterocycles. The van der Waals surface area contributed by atoms with Crippen LogP contribution in [0, 0.1) is 5.92 Å². The van der Waals surface area contributed by atoms with E-state index in [9.17, 15) is 89.3 Å². The molecule has 248 valence electrons. The maximum absolute atomic E-state index is 13.5. The Labute approximate surface area is 232 Å². The van der Waals surface area contributed by atoms with Crippen LogP contribution in [0.3, 0.4) is 0 Å². The molecule has 0 aliphatic carbocycles. The average molecular weight is 678 g/mol. The molecule has 0 heterocycles. The number of alkyl halides is 17. The fraction of sp³-hybridized carbons (Fsp3) is 0.895. The summed E-state index contributed by atoms with van der Waals surface area (Å²) in [6, 6.07) is 0. The van der Waals surface area contributed by atoms with Crippen molar-refractivity contribution in [3.05, 3.63) is 0 Å². The SMILES string of the molecule is CC(C)[O][Al+][O]CCC(F)(F)C(F)(F)C(F)(F)C(F)(F)C(F)(F)C(F)(F)C(F)(F)C(F)(F)F.CCC(C(C)=O)C(=O)[O-]. The van der Waals surface area contributed by atoms with Gasteiger partial charge in [-0.05, 0) is 13.3 Å². The minimum Gasteiger partial charge on any atom is -0.549 e. The monoisotopic (exact) mass is 678 g/mol. The Bertz CT molecular complexity index is 892. The van der Waals surface area contributed by atoms with Gasteiger partial charge in [-0.1, -0.05) is 6.92 Å². The van der Waals surface area contributed by atoms with E-state index in [4.69, 9.17) is 0 Å². The van der Waals surface area contributed by atoms with Crippen molar-refractivity contribution in [3.8, 4) is 0 Å². The van der Waals surface area contributed by atoms with Gasteiger partial charge in [0.15, 0.2) is 0 Å². The number of rotatable bonds is 15. The molecule has 0 aliphatic rings. The molecule has 0 fully saturated rings. The zero-order valence-electron chi connectivity index (χ0n) is 21.3. The smallest absolute Gasteiger partial charge is 0.549 e.